The molecule has 1 aromatic carbocycles. The summed E-state index contributed by atoms with van der Waals surface area (Å²) < 4.78 is 0. The highest BCUT2D eigenvalue weighted by Crippen LogP contribution is 2.32. The summed E-state index contributed by atoms with van der Waals surface area (Å²) >= 11 is 12.5. The number of rotatable bonds is 3. The first-order valence-corrected chi connectivity index (χ1v) is 8.60. The van der Waals surface area contributed by atoms with Crippen LogP contribution >= 0.6 is 23.2 Å². The Morgan fingerprint density at radius 2 is 1.96 bits per heavy atom. The molecule has 1 fully saturated rings. The van der Waals surface area contributed by atoms with Gasteiger partial charge in [-0.05, 0) is 37.8 Å². The van der Waals surface area contributed by atoms with Crippen molar-refractivity contribution in [2.24, 2.45) is 5.92 Å². The molecule has 0 spiro atoms. The molecule has 1 saturated heterocycles. The summed E-state index contributed by atoms with van der Waals surface area (Å²) in [5.74, 6) is 2.14. The Morgan fingerprint density at radius 3 is 2.65 bits per heavy atom. The van der Waals surface area contributed by atoms with Gasteiger partial charge in [0.2, 0.25) is 5.95 Å². The molecule has 6 heteroatoms. The molecule has 23 heavy (non-hydrogen) atoms. The number of nitrogens with one attached hydrogen (secondary N) is 1. The molecule has 1 aromatic heterocycles. The van der Waals surface area contributed by atoms with Gasteiger partial charge in [-0.25, -0.2) is 4.98 Å². The van der Waals surface area contributed by atoms with Crippen LogP contribution < -0.4 is 10.2 Å². The molecule has 3 rings (SSSR count). The van der Waals surface area contributed by atoms with Gasteiger partial charge in [0.15, 0.2) is 0 Å². The summed E-state index contributed by atoms with van der Waals surface area (Å²) in [4.78, 5) is 11.5. The van der Waals surface area contributed by atoms with Crippen LogP contribution in [0.2, 0.25) is 10.0 Å². The molecule has 2 aromatic rings. The molecule has 1 N–H and O–H groups in total. The summed E-state index contributed by atoms with van der Waals surface area (Å²) in [6.45, 7) is 6.23. The normalized spacial score (nSPS) is 18.1. The number of aryl methyl sites for hydroxylation is 1. The Morgan fingerprint density at radius 1 is 1.22 bits per heavy atom. The van der Waals surface area contributed by atoms with Gasteiger partial charge in [-0.3, -0.25) is 0 Å². The zero-order chi connectivity index (χ0) is 16.4. The van der Waals surface area contributed by atoms with Crippen LogP contribution in [0.15, 0.2) is 24.3 Å². The quantitative estimate of drug-likeness (QED) is 0.838. The van der Waals surface area contributed by atoms with Gasteiger partial charge in [0.1, 0.15) is 5.82 Å². The number of hydrogen-bond acceptors (Lipinski definition) is 4. The number of halogens is 2. The van der Waals surface area contributed by atoms with Crippen molar-refractivity contribution in [3.8, 4) is 0 Å². The number of nitrogens with zero attached hydrogens (tertiary/aromatic N) is 3. The molecule has 1 aliphatic heterocycles. The maximum absolute atomic E-state index is 6.23. The van der Waals surface area contributed by atoms with E-state index in [0.29, 0.717) is 27.5 Å². The van der Waals surface area contributed by atoms with E-state index in [9.17, 15) is 0 Å². The van der Waals surface area contributed by atoms with Crippen LogP contribution in [0.4, 0.5) is 17.5 Å². The lowest BCUT2D eigenvalue weighted by Crippen LogP contribution is -2.35. The van der Waals surface area contributed by atoms with Crippen LogP contribution in [0.25, 0.3) is 0 Å². The summed E-state index contributed by atoms with van der Waals surface area (Å²) in [6.07, 6.45) is 2.44. The van der Waals surface area contributed by atoms with Crippen LogP contribution in [0, 0.1) is 12.8 Å². The average molecular weight is 351 g/mol. The first-order valence-electron chi connectivity index (χ1n) is 7.84. The molecule has 0 aliphatic carbocycles. The predicted molar refractivity (Wildman–Crippen MR) is 97.1 cm³/mol. The van der Waals surface area contributed by atoms with Crippen molar-refractivity contribution in [1.82, 2.24) is 9.97 Å². The first-order chi connectivity index (χ1) is 11.0. The number of para-hydroxylation sites is 1. The number of piperidine rings is 1. The van der Waals surface area contributed by atoms with Crippen molar-refractivity contribution in [2.45, 2.75) is 26.7 Å². The molecule has 1 unspecified atom stereocenters. The molecule has 0 saturated carbocycles. The van der Waals surface area contributed by atoms with E-state index in [4.69, 9.17) is 23.2 Å². The summed E-state index contributed by atoms with van der Waals surface area (Å²) in [6, 6.07) is 7.33. The maximum atomic E-state index is 6.23. The van der Waals surface area contributed by atoms with Gasteiger partial charge >= 0.3 is 0 Å². The molecule has 0 bridgehead atoms. The highest BCUT2D eigenvalue weighted by Gasteiger charge is 2.19. The van der Waals surface area contributed by atoms with E-state index >= 15 is 0 Å². The summed E-state index contributed by atoms with van der Waals surface area (Å²) in [5.41, 5.74) is 1.59. The van der Waals surface area contributed by atoms with Gasteiger partial charge in [0.25, 0.3) is 0 Å². The third kappa shape index (κ3) is 3.88. The van der Waals surface area contributed by atoms with Gasteiger partial charge in [0.05, 0.1) is 15.7 Å². The van der Waals surface area contributed by atoms with E-state index < -0.39 is 0 Å². The van der Waals surface area contributed by atoms with Crippen molar-refractivity contribution in [3.05, 3.63) is 40.0 Å². The minimum atomic E-state index is 0.571. The van der Waals surface area contributed by atoms with E-state index in [0.717, 1.165) is 24.7 Å². The number of aromatic nitrogens is 2. The zero-order valence-electron chi connectivity index (χ0n) is 13.3. The van der Waals surface area contributed by atoms with E-state index in [1.807, 2.05) is 19.1 Å². The predicted octanol–water partition coefficient (Wildman–Crippen LogP) is 5.07. The number of anilines is 3. The third-order valence-electron chi connectivity index (χ3n) is 4.00. The van der Waals surface area contributed by atoms with Crippen LogP contribution in [0.5, 0.6) is 0 Å². The van der Waals surface area contributed by atoms with Gasteiger partial charge in [-0.2, -0.15) is 4.98 Å². The molecule has 2 heterocycles. The van der Waals surface area contributed by atoms with E-state index in [1.54, 1.807) is 12.1 Å². The van der Waals surface area contributed by atoms with Crippen molar-refractivity contribution in [3.63, 3.8) is 0 Å². The molecule has 0 amide bonds. The number of hydrogen-bond donors (Lipinski definition) is 1. The lowest BCUT2D eigenvalue weighted by atomic mass is 10.0. The van der Waals surface area contributed by atoms with Gasteiger partial charge < -0.3 is 10.2 Å². The summed E-state index contributed by atoms with van der Waals surface area (Å²) in [7, 11) is 0. The first kappa shape index (κ1) is 16.3. The molecule has 1 atom stereocenters. The fraction of sp³-hybridized carbons (Fsp3) is 0.412. The second kappa shape index (κ2) is 6.93. The van der Waals surface area contributed by atoms with Crippen molar-refractivity contribution in [2.75, 3.05) is 23.3 Å². The SMILES string of the molecule is Cc1cc(Nc2c(Cl)cccc2Cl)nc(N2CCCC(C)C2)n1. The molecule has 4 nitrogen and oxygen atoms in total. The molecule has 0 radical (unpaired) electrons. The Balaban J connectivity index is 1.88. The van der Waals surface area contributed by atoms with Crippen LogP contribution in [-0.4, -0.2) is 23.1 Å². The second-order valence-electron chi connectivity index (χ2n) is 6.11. The van der Waals surface area contributed by atoms with E-state index in [2.05, 4.69) is 27.1 Å². The Hall–Kier alpha value is -1.52. The average Bonchev–Trinajstić information content (AvgIpc) is 2.51. The smallest absolute Gasteiger partial charge is 0.227 e. The van der Waals surface area contributed by atoms with Crippen LogP contribution in [0.1, 0.15) is 25.5 Å². The highest BCUT2D eigenvalue weighted by molar-refractivity contribution is 6.39. The minimum absolute atomic E-state index is 0.571. The van der Waals surface area contributed by atoms with Gasteiger partial charge in [0, 0.05) is 24.8 Å². The largest absolute Gasteiger partial charge is 0.340 e. The second-order valence-corrected chi connectivity index (χ2v) is 6.92. The fourth-order valence-corrected chi connectivity index (χ4v) is 3.37. The zero-order valence-corrected chi connectivity index (χ0v) is 14.8. The molecule has 1 aliphatic rings. The topological polar surface area (TPSA) is 41.1 Å². The number of benzene rings is 1. The molecular formula is C17H20Cl2N4. The lowest BCUT2D eigenvalue weighted by molar-refractivity contribution is 0.442. The van der Waals surface area contributed by atoms with E-state index in [1.165, 1.54) is 12.8 Å². The van der Waals surface area contributed by atoms with Crippen molar-refractivity contribution >= 4 is 40.7 Å². The Bertz CT molecular complexity index is 685. The van der Waals surface area contributed by atoms with E-state index in [-0.39, 0.29) is 0 Å². The van der Waals surface area contributed by atoms with Gasteiger partial charge in [-0.15, -0.1) is 0 Å². The summed E-state index contributed by atoms with van der Waals surface area (Å²) in [5, 5.41) is 4.37. The fourth-order valence-electron chi connectivity index (χ4n) is 2.87. The van der Waals surface area contributed by atoms with Crippen LogP contribution in [-0.2, 0) is 0 Å². The van der Waals surface area contributed by atoms with Crippen molar-refractivity contribution < 1.29 is 0 Å². The highest BCUT2D eigenvalue weighted by atomic mass is 35.5. The molecular weight excluding hydrogens is 331 g/mol. The third-order valence-corrected chi connectivity index (χ3v) is 4.63. The lowest BCUT2D eigenvalue weighted by Gasteiger charge is -2.31. The monoisotopic (exact) mass is 350 g/mol. The van der Waals surface area contributed by atoms with Crippen LogP contribution in [0.3, 0.4) is 0 Å². The molecule has 122 valence electrons. The minimum Gasteiger partial charge on any atom is -0.340 e. The Labute approximate surface area is 146 Å². The Kier molecular flexibility index (Phi) is 4.93. The van der Waals surface area contributed by atoms with Gasteiger partial charge in [-0.1, -0.05) is 36.2 Å². The van der Waals surface area contributed by atoms with Crippen molar-refractivity contribution in [1.29, 1.82) is 0 Å². The maximum Gasteiger partial charge on any atom is 0.227 e. The standard InChI is InChI=1S/C17H20Cl2N4/c1-11-5-4-8-23(10-11)17-20-12(2)9-15(22-17)21-16-13(18)6-3-7-14(16)19/h3,6-7,9,11H,4-5,8,10H2,1-2H3,(H,20,21,22).